The van der Waals surface area contributed by atoms with E-state index in [9.17, 15) is 9.59 Å². The van der Waals surface area contributed by atoms with Gasteiger partial charge in [0.05, 0.1) is 10.4 Å². The van der Waals surface area contributed by atoms with Crippen molar-refractivity contribution in [3.63, 3.8) is 0 Å². The first-order valence-electron chi connectivity index (χ1n) is 6.75. The Labute approximate surface area is 128 Å². The van der Waals surface area contributed by atoms with E-state index in [1.54, 1.807) is 4.90 Å². The average Bonchev–Trinajstić information content (AvgIpc) is 2.75. The molecule has 1 saturated heterocycles. The summed E-state index contributed by atoms with van der Waals surface area (Å²) in [4.78, 5) is 27.2. The van der Waals surface area contributed by atoms with Gasteiger partial charge in [0, 0.05) is 17.8 Å². The van der Waals surface area contributed by atoms with Crippen molar-refractivity contribution in [2.75, 3.05) is 6.54 Å². The molecule has 2 heterocycles. The Morgan fingerprint density at radius 2 is 2.05 bits per heavy atom. The molecule has 0 radical (unpaired) electrons. The number of hydrogen-bond acceptors (Lipinski definition) is 3. The van der Waals surface area contributed by atoms with E-state index < -0.39 is 6.04 Å². The molecule has 6 heteroatoms. The van der Waals surface area contributed by atoms with Gasteiger partial charge in [-0.05, 0) is 25.0 Å². The second-order valence-corrected chi connectivity index (χ2v) is 7.14. The summed E-state index contributed by atoms with van der Waals surface area (Å²) in [7, 11) is 0. The van der Waals surface area contributed by atoms with E-state index in [0.717, 1.165) is 4.88 Å². The molecule has 1 aliphatic rings. The van der Waals surface area contributed by atoms with Crippen molar-refractivity contribution in [1.82, 2.24) is 10.2 Å². The Morgan fingerprint density at radius 1 is 1.35 bits per heavy atom. The van der Waals surface area contributed by atoms with Crippen LogP contribution in [-0.4, -0.2) is 29.3 Å². The highest BCUT2D eigenvalue weighted by Gasteiger charge is 2.34. The molecule has 0 spiro atoms. The van der Waals surface area contributed by atoms with Crippen LogP contribution < -0.4 is 5.32 Å². The standard InChI is InChI=1S/C14H19ClN2O2S/c1-8(2)13-14(19)17(7-6-12(18)16-13)9(3)10-4-5-11(15)20-10/h4-5,8-9,13H,6-7H2,1-3H3,(H,16,18). The number of rotatable bonds is 3. The van der Waals surface area contributed by atoms with Gasteiger partial charge < -0.3 is 10.2 Å². The summed E-state index contributed by atoms with van der Waals surface area (Å²) < 4.78 is 0.712. The number of nitrogens with zero attached hydrogens (tertiary/aromatic N) is 1. The van der Waals surface area contributed by atoms with E-state index in [1.807, 2.05) is 32.9 Å². The summed E-state index contributed by atoms with van der Waals surface area (Å²) in [5, 5.41) is 2.82. The van der Waals surface area contributed by atoms with Crippen LogP contribution in [0.4, 0.5) is 0 Å². The van der Waals surface area contributed by atoms with Crippen LogP contribution in [0, 0.1) is 5.92 Å². The molecule has 1 N–H and O–H groups in total. The van der Waals surface area contributed by atoms with Gasteiger partial charge in [-0.2, -0.15) is 0 Å². The molecule has 2 atom stereocenters. The highest BCUT2D eigenvalue weighted by Crippen LogP contribution is 2.31. The van der Waals surface area contributed by atoms with Crippen LogP contribution in [0.1, 0.15) is 38.1 Å². The van der Waals surface area contributed by atoms with Crippen molar-refractivity contribution in [3.8, 4) is 0 Å². The van der Waals surface area contributed by atoms with Gasteiger partial charge in [0.25, 0.3) is 0 Å². The van der Waals surface area contributed by atoms with E-state index in [2.05, 4.69) is 5.32 Å². The lowest BCUT2D eigenvalue weighted by Gasteiger charge is -2.30. The Balaban J connectivity index is 2.24. The predicted molar refractivity (Wildman–Crippen MR) is 80.8 cm³/mol. The van der Waals surface area contributed by atoms with Crippen molar-refractivity contribution < 1.29 is 9.59 Å². The number of amides is 2. The third-order valence-corrected chi connectivity index (χ3v) is 4.99. The largest absolute Gasteiger partial charge is 0.344 e. The minimum atomic E-state index is -0.442. The number of halogens is 1. The first-order chi connectivity index (χ1) is 9.40. The Bertz CT molecular complexity index is 515. The van der Waals surface area contributed by atoms with Crippen LogP contribution in [0.15, 0.2) is 12.1 Å². The molecule has 1 aromatic heterocycles. The molecule has 20 heavy (non-hydrogen) atoms. The molecule has 1 aliphatic heterocycles. The van der Waals surface area contributed by atoms with Crippen LogP contribution in [0.5, 0.6) is 0 Å². The zero-order valence-electron chi connectivity index (χ0n) is 11.9. The SMILES string of the molecule is CC(C)C1NC(=O)CCN(C(C)c2ccc(Cl)s2)C1=O. The van der Waals surface area contributed by atoms with Crippen LogP contribution in [0.25, 0.3) is 0 Å². The fourth-order valence-electron chi connectivity index (χ4n) is 2.36. The van der Waals surface area contributed by atoms with E-state index in [0.29, 0.717) is 17.3 Å². The monoisotopic (exact) mass is 314 g/mol. The summed E-state index contributed by atoms with van der Waals surface area (Å²) in [5.74, 6) is 0.00464. The van der Waals surface area contributed by atoms with E-state index in [-0.39, 0.29) is 23.8 Å². The zero-order chi connectivity index (χ0) is 14.9. The fraction of sp³-hybridized carbons (Fsp3) is 0.571. The molecule has 1 fully saturated rings. The molecule has 0 bridgehead atoms. The molecule has 2 amide bonds. The molecular weight excluding hydrogens is 296 g/mol. The second-order valence-electron chi connectivity index (χ2n) is 5.39. The lowest BCUT2D eigenvalue weighted by atomic mass is 10.0. The summed E-state index contributed by atoms with van der Waals surface area (Å²) >= 11 is 7.44. The van der Waals surface area contributed by atoms with Crippen molar-refractivity contribution in [1.29, 1.82) is 0 Å². The highest BCUT2D eigenvalue weighted by atomic mass is 35.5. The first kappa shape index (κ1) is 15.3. The van der Waals surface area contributed by atoms with Crippen LogP contribution in [-0.2, 0) is 9.59 Å². The molecular formula is C14H19ClN2O2S. The normalized spacial score (nSPS) is 21.9. The van der Waals surface area contributed by atoms with E-state index in [4.69, 9.17) is 11.6 Å². The van der Waals surface area contributed by atoms with Gasteiger partial charge in [-0.1, -0.05) is 25.4 Å². The number of hydrogen-bond donors (Lipinski definition) is 1. The van der Waals surface area contributed by atoms with Gasteiger partial charge in [-0.15, -0.1) is 11.3 Å². The van der Waals surface area contributed by atoms with Crippen molar-refractivity contribution in [2.24, 2.45) is 5.92 Å². The van der Waals surface area contributed by atoms with Gasteiger partial charge in [-0.3, -0.25) is 9.59 Å². The van der Waals surface area contributed by atoms with Gasteiger partial charge >= 0.3 is 0 Å². The number of nitrogens with one attached hydrogen (secondary N) is 1. The first-order valence-corrected chi connectivity index (χ1v) is 7.94. The third-order valence-electron chi connectivity index (χ3n) is 3.59. The van der Waals surface area contributed by atoms with Crippen LogP contribution >= 0.6 is 22.9 Å². The number of carbonyl (C=O) groups is 2. The van der Waals surface area contributed by atoms with Crippen molar-refractivity contribution in [2.45, 2.75) is 39.3 Å². The van der Waals surface area contributed by atoms with Crippen molar-refractivity contribution >= 4 is 34.8 Å². The summed E-state index contributed by atoms with van der Waals surface area (Å²) in [6, 6.07) is 3.27. The molecule has 4 nitrogen and oxygen atoms in total. The summed E-state index contributed by atoms with van der Waals surface area (Å²) in [6.07, 6.45) is 0.346. The average molecular weight is 315 g/mol. The Kier molecular flexibility index (Phi) is 4.70. The number of carbonyl (C=O) groups excluding carboxylic acids is 2. The lowest BCUT2D eigenvalue weighted by molar-refractivity contribution is -0.136. The Hall–Kier alpha value is -1.07. The summed E-state index contributed by atoms with van der Waals surface area (Å²) in [5.41, 5.74) is 0. The maximum absolute atomic E-state index is 12.6. The third kappa shape index (κ3) is 3.15. The summed E-state index contributed by atoms with van der Waals surface area (Å²) in [6.45, 7) is 6.32. The fourth-order valence-corrected chi connectivity index (χ4v) is 3.49. The Morgan fingerprint density at radius 3 is 2.60 bits per heavy atom. The van der Waals surface area contributed by atoms with Crippen LogP contribution in [0.2, 0.25) is 4.34 Å². The second kappa shape index (κ2) is 6.14. The van der Waals surface area contributed by atoms with E-state index in [1.165, 1.54) is 11.3 Å². The molecule has 0 saturated carbocycles. The predicted octanol–water partition coefficient (Wildman–Crippen LogP) is 2.84. The molecule has 2 rings (SSSR count). The smallest absolute Gasteiger partial charge is 0.245 e. The minimum Gasteiger partial charge on any atom is -0.344 e. The lowest BCUT2D eigenvalue weighted by Crippen LogP contribution is -2.48. The molecule has 2 unspecified atom stereocenters. The van der Waals surface area contributed by atoms with Gasteiger partial charge in [-0.25, -0.2) is 0 Å². The maximum Gasteiger partial charge on any atom is 0.245 e. The van der Waals surface area contributed by atoms with Gasteiger partial charge in [0.15, 0.2) is 0 Å². The molecule has 0 aliphatic carbocycles. The quantitative estimate of drug-likeness (QED) is 0.932. The van der Waals surface area contributed by atoms with Crippen molar-refractivity contribution in [3.05, 3.63) is 21.3 Å². The van der Waals surface area contributed by atoms with Crippen LogP contribution in [0.3, 0.4) is 0 Å². The molecule has 1 aromatic rings. The topological polar surface area (TPSA) is 49.4 Å². The minimum absolute atomic E-state index is 0.0112. The highest BCUT2D eigenvalue weighted by molar-refractivity contribution is 7.16. The number of thiophene rings is 1. The van der Waals surface area contributed by atoms with Gasteiger partial charge in [0.1, 0.15) is 6.04 Å². The van der Waals surface area contributed by atoms with Gasteiger partial charge in [0.2, 0.25) is 11.8 Å². The molecule has 110 valence electrons. The molecule has 0 aromatic carbocycles. The zero-order valence-corrected chi connectivity index (χ0v) is 13.4. The van der Waals surface area contributed by atoms with E-state index >= 15 is 0 Å². The maximum atomic E-state index is 12.6.